The number of amides is 1. The van der Waals surface area contributed by atoms with Crippen LogP contribution in [-0.4, -0.2) is 11.0 Å². The van der Waals surface area contributed by atoms with Crippen LogP contribution in [0.2, 0.25) is 0 Å². The molecule has 1 aliphatic heterocycles. The number of fused-ring (bicyclic) bond motifs is 3. The van der Waals surface area contributed by atoms with E-state index in [2.05, 4.69) is 11.4 Å². The molecule has 1 heterocycles. The van der Waals surface area contributed by atoms with Gasteiger partial charge in [-0.05, 0) is 42.9 Å². The number of carbonyl (C=O) groups is 1. The first-order chi connectivity index (χ1) is 8.16. The summed E-state index contributed by atoms with van der Waals surface area (Å²) in [6.07, 6.45) is 2.77. The van der Waals surface area contributed by atoms with E-state index in [1.54, 1.807) is 6.92 Å². The Hall–Kier alpha value is -1.35. The van der Waals surface area contributed by atoms with Crippen molar-refractivity contribution in [1.82, 2.24) is 0 Å². The molecule has 0 saturated heterocycles. The van der Waals surface area contributed by atoms with Crippen molar-refractivity contribution in [3.63, 3.8) is 0 Å². The van der Waals surface area contributed by atoms with Crippen LogP contribution < -0.4 is 5.32 Å². The third-order valence-corrected chi connectivity index (χ3v) is 4.07. The van der Waals surface area contributed by atoms with E-state index in [0.29, 0.717) is 5.92 Å². The predicted molar refractivity (Wildman–Crippen MR) is 65.8 cm³/mol. The fourth-order valence-electron chi connectivity index (χ4n) is 3.14. The lowest BCUT2D eigenvalue weighted by atomic mass is 9.83. The summed E-state index contributed by atoms with van der Waals surface area (Å²) in [5.41, 5.74) is 3.01. The number of hydrogen-bond donors (Lipinski definition) is 2. The number of benzene rings is 1. The number of carbonyl (C=O) groups excluding carboxylic acids is 1. The Bertz CT molecular complexity index is 467. The maximum Gasteiger partial charge on any atom is 0.228 e. The van der Waals surface area contributed by atoms with E-state index in [1.807, 2.05) is 12.1 Å². The third-order valence-electron chi connectivity index (χ3n) is 4.07. The lowest BCUT2D eigenvalue weighted by Gasteiger charge is -2.28. The lowest BCUT2D eigenvalue weighted by Crippen LogP contribution is -2.30. The van der Waals surface area contributed by atoms with Crippen LogP contribution >= 0.6 is 0 Å². The van der Waals surface area contributed by atoms with Gasteiger partial charge in [0.15, 0.2) is 0 Å². The second kappa shape index (κ2) is 3.84. The maximum absolute atomic E-state index is 11.9. The molecule has 3 nitrogen and oxygen atoms in total. The molecule has 0 bridgehead atoms. The van der Waals surface area contributed by atoms with Crippen molar-refractivity contribution in [2.45, 2.75) is 38.2 Å². The molecule has 0 aromatic heterocycles. The van der Waals surface area contributed by atoms with Crippen LogP contribution in [0.5, 0.6) is 0 Å². The van der Waals surface area contributed by atoms with Crippen LogP contribution in [0, 0.1) is 5.92 Å². The molecule has 0 spiro atoms. The van der Waals surface area contributed by atoms with E-state index >= 15 is 0 Å². The van der Waals surface area contributed by atoms with Crippen molar-refractivity contribution in [3.8, 4) is 0 Å². The zero-order chi connectivity index (χ0) is 12.0. The Morgan fingerprint density at radius 2 is 2.12 bits per heavy atom. The smallest absolute Gasteiger partial charge is 0.228 e. The molecule has 1 aliphatic carbocycles. The SMILES string of the molecule is CC(O)c1ccc2c(c1)NC(=O)C1CCCC21. The number of aliphatic hydroxyl groups is 1. The molecule has 1 aromatic rings. The highest BCUT2D eigenvalue weighted by Crippen LogP contribution is 2.46. The Morgan fingerprint density at radius 1 is 1.35 bits per heavy atom. The van der Waals surface area contributed by atoms with Crippen molar-refractivity contribution >= 4 is 11.6 Å². The van der Waals surface area contributed by atoms with Gasteiger partial charge in [0.05, 0.1) is 6.10 Å². The van der Waals surface area contributed by atoms with Gasteiger partial charge in [0.1, 0.15) is 0 Å². The van der Waals surface area contributed by atoms with Gasteiger partial charge < -0.3 is 10.4 Å². The first-order valence-corrected chi connectivity index (χ1v) is 6.29. The van der Waals surface area contributed by atoms with Crippen LogP contribution in [0.4, 0.5) is 5.69 Å². The summed E-state index contributed by atoms with van der Waals surface area (Å²) >= 11 is 0. The number of rotatable bonds is 1. The van der Waals surface area contributed by atoms with Gasteiger partial charge in [0.2, 0.25) is 5.91 Å². The van der Waals surface area contributed by atoms with Crippen molar-refractivity contribution < 1.29 is 9.90 Å². The summed E-state index contributed by atoms with van der Waals surface area (Å²) in [4.78, 5) is 11.9. The molecule has 0 radical (unpaired) electrons. The van der Waals surface area contributed by atoms with Gasteiger partial charge in [-0.25, -0.2) is 0 Å². The summed E-state index contributed by atoms with van der Waals surface area (Å²) in [6.45, 7) is 1.74. The van der Waals surface area contributed by atoms with Crippen LogP contribution in [0.1, 0.15) is 49.3 Å². The molecule has 1 amide bonds. The minimum atomic E-state index is -0.487. The molecule has 1 fully saturated rings. The minimum Gasteiger partial charge on any atom is -0.389 e. The normalized spacial score (nSPS) is 28.2. The summed E-state index contributed by atoms with van der Waals surface area (Å²) in [5.74, 6) is 0.712. The molecule has 17 heavy (non-hydrogen) atoms. The lowest BCUT2D eigenvalue weighted by molar-refractivity contribution is -0.120. The molecule has 2 N–H and O–H groups in total. The summed E-state index contributed by atoms with van der Waals surface area (Å²) in [7, 11) is 0. The van der Waals surface area contributed by atoms with Gasteiger partial charge in [-0.2, -0.15) is 0 Å². The second-order valence-electron chi connectivity index (χ2n) is 5.16. The summed E-state index contributed by atoms with van der Waals surface area (Å²) in [6, 6.07) is 5.95. The van der Waals surface area contributed by atoms with Gasteiger partial charge in [-0.1, -0.05) is 18.6 Å². The van der Waals surface area contributed by atoms with Gasteiger partial charge in [-0.15, -0.1) is 0 Å². The molecule has 3 unspecified atom stereocenters. The van der Waals surface area contributed by atoms with Crippen molar-refractivity contribution in [1.29, 1.82) is 0 Å². The van der Waals surface area contributed by atoms with Crippen molar-refractivity contribution in [3.05, 3.63) is 29.3 Å². The number of nitrogens with one attached hydrogen (secondary N) is 1. The monoisotopic (exact) mass is 231 g/mol. The molecule has 3 atom stereocenters. The highest BCUT2D eigenvalue weighted by atomic mass is 16.3. The fourth-order valence-corrected chi connectivity index (χ4v) is 3.14. The first kappa shape index (κ1) is 10.8. The Morgan fingerprint density at radius 3 is 2.88 bits per heavy atom. The molecule has 1 aromatic carbocycles. The van der Waals surface area contributed by atoms with E-state index in [4.69, 9.17) is 0 Å². The zero-order valence-corrected chi connectivity index (χ0v) is 9.94. The predicted octanol–water partition coefficient (Wildman–Crippen LogP) is 2.58. The van der Waals surface area contributed by atoms with Gasteiger partial charge >= 0.3 is 0 Å². The third kappa shape index (κ3) is 1.65. The Balaban J connectivity index is 2.04. The summed E-state index contributed by atoms with van der Waals surface area (Å²) in [5, 5.41) is 12.5. The fraction of sp³-hybridized carbons (Fsp3) is 0.500. The van der Waals surface area contributed by atoms with Crippen LogP contribution in [-0.2, 0) is 4.79 Å². The maximum atomic E-state index is 11.9. The average molecular weight is 231 g/mol. The zero-order valence-electron chi connectivity index (χ0n) is 9.94. The molecule has 3 rings (SSSR count). The number of anilines is 1. The molecular weight excluding hydrogens is 214 g/mol. The first-order valence-electron chi connectivity index (χ1n) is 6.29. The van der Waals surface area contributed by atoms with Gasteiger partial charge in [-0.3, -0.25) is 4.79 Å². The van der Waals surface area contributed by atoms with Gasteiger partial charge in [0.25, 0.3) is 0 Å². The Kier molecular flexibility index (Phi) is 2.44. The van der Waals surface area contributed by atoms with E-state index in [0.717, 1.165) is 30.5 Å². The van der Waals surface area contributed by atoms with Gasteiger partial charge in [0, 0.05) is 11.6 Å². The highest BCUT2D eigenvalue weighted by molar-refractivity contribution is 5.97. The van der Waals surface area contributed by atoms with E-state index in [9.17, 15) is 9.90 Å². The summed E-state index contributed by atoms with van der Waals surface area (Å²) < 4.78 is 0. The largest absolute Gasteiger partial charge is 0.389 e. The quantitative estimate of drug-likeness (QED) is 0.780. The molecular formula is C14H17NO2. The van der Waals surface area contributed by atoms with E-state index in [-0.39, 0.29) is 11.8 Å². The van der Waals surface area contributed by atoms with Crippen molar-refractivity contribution in [2.75, 3.05) is 5.32 Å². The van der Waals surface area contributed by atoms with E-state index < -0.39 is 6.10 Å². The number of aliphatic hydroxyl groups excluding tert-OH is 1. The second-order valence-corrected chi connectivity index (χ2v) is 5.16. The van der Waals surface area contributed by atoms with Crippen LogP contribution in [0.15, 0.2) is 18.2 Å². The minimum absolute atomic E-state index is 0.155. The molecule has 1 saturated carbocycles. The van der Waals surface area contributed by atoms with Crippen LogP contribution in [0.3, 0.4) is 0 Å². The number of hydrogen-bond acceptors (Lipinski definition) is 2. The Labute approximate surface area is 101 Å². The topological polar surface area (TPSA) is 49.3 Å². The van der Waals surface area contributed by atoms with Crippen molar-refractivity contribution in [2.24, 2.45) is 5.92 Å². The van der Waals surface area contributed by atoms with E-state index in [1.165, 1.54) is 5.56 Å². The molecule has 90 valence electrons. The van der Waals surface area contributed by atoms with Crippen LogP contribution in [0.25, 0.3) is 0 Å². The molecule has 2 aliphatic rings. The molecule has 3 heteroatoms. The highest BCUT2D eigenvalue weighted by Gasteiger charge is 2.38. The average Bonchev–Trinajstić information content (AvgIpc) is 2.78. The standard InChI is InChI=1S/C14H17NO2/c1-8(16)9-5-6-11-10-3-2-4-12(10)14(17)15-13(11)7-9/h5-8,10,12,16H,2-4H2,1H3,(H,15,17).